The van der Waals surface area contributed by atoms with E-state index in [1.807, 2.05) is 12.3 Å². The third kappa shape index (κ3) is 1.93. The van der Waals surface area contributed by atoms with Gasteiger partial charge in [0.15, 0.2) is 0 Å². The molecule has 64 valence electrons. The zero-order valence-electron chi connectivity index (χ0n) is 6.50. The van der Waals surface area contributed by atoms with Crippen molar-refractivity contribution in [2.24, 2.45) is 5.73 Å². The Labute approximate surface area is 80.1 Å². The molecule has 4 heteroatoms. The molecule has 0 aliphatic rings. The third-order valence-corrected chi connectivity index (χ3v) is 2.48. The van der Waals surface area contributed by atoms with Gasteiger partial charge >= 0.3 is 0 Å². The van der Waals surface area contributed by atoms with Crippen LogP contribution in [-0.2, 0) is 0 Å². The Bertz CT molecular complexity index is 314. The van der Waals surface area contributed by atoms with Gasteiger partial charge in [0.05, 0.1) is 10.6 Å². The Morgan fingerprint density at radius 3 is 2.67 bits per heavy atom. The van der Waals surface area contributed by atoms with Gasteiger partial charge < -0.3 is 5.73 Å². The van der Waals surface area contributed by atoms with Crippen LogP contribution in [0.1, 0.15) is 10.4 Å². The molecule has 0 heterocycles. The first-order valence-electron chi connectivity index (χ1n) is 3.28. The number of amides is 1. The van der Waals surface area contributed by atoms with Crippen molar-refractivity contribution in [3.8, 4) is 0 Å². The normalized spacial score (nSPS) is 9.83. The quantitative estimate of drug-likeness (QED) is 0.746. The van der Waals surface area contributed by atoms with Crippen LogP contribution in [0.2, 0.25) is 5.02 Å². The lowest BCUT2D eigenvalue weighted by Gasteiger charge is -2.00. The van der Waals surface area contributed by atoms with E-state index in [2.05, 4.69) is 0 Å². The minimum absolute atomic E-state index is 0.370. The van der Waals surface area contributed by atoms with Crippen LogP contribution in [0.4, 0.5) is 0 Å². The molecule has 0 fully saturated rings. The van der Waals surface area contributed by atoms with E-state index in [4.69, 9.17) is 17.3 Å². The van der Waals surface area contributed by atoms with Gasteiger partial charge in [0.25, 0.3) is 0 Å². The smallest absolute Gasteiger partial charge is 0.250 e. The first kappa shape index (κ1) is 9.42. The van der Waals surface area contributed by atoms with Gasteiger partial charge in [0, 0.05) is 4.90 Å². The predicted molar refractivity (Wildman–Crippen MR) is 51.8 cm³/mol. The van der Waals surface area contributed by atoms with Crippen molar-refractivity contribution in [2.75, 3.05) is 6.26 Å². The number of thioether (sulfide) groups is 1. The summed E-state index contributed by atoms with van der Waals surface area (Å²) in [4.78, 5) is 11.8. The van der Waals surface area contributed by atoms with Crippen LogP contribution in [0.15, 0.2) is 23.1 Å². The molecule has 1 rings (SSSR count). The Balaban J connectivity index is 3.12. The number of primary amides is 1. The lowest BCUT2D eigenvalue weighted by atomic mass is 10.2. The van der Waals surface area contributed by atoms with Crippen LogP contribution in [0.5, 0.6) is 0 Å². The molecular weight excluding hydrogens is 194 g/mol. The third-order valence-electron chi connectivity index (χ3n) is 1.44. The Morgan fingerprint density at radius 2 is 2.25 bits per heavy atom. The fraction of sp³-hybridized carbons (Fsp3) is 0.125. The number of benzene rings is 1. The van der Waals surface area contributed by atoms with Gasteiger partial charge in [-0.3, -0.25) is 4.79 Å². The lowest BCUT2D eigenvalue weighted by molar-refractivity contribution is 0.100. The maximum atomic E-state index is 10.8. The topological polar surface area (TPSA) is 43.1 Å². The van der Waals surface area contributed by atoms with Crippen LogP contribution in [0, 0.1) is 0 Å². The molecule has 0 spiro atoms. The summed E-state index contributed by atoms with van der Waals surface area (Å²) in [5.74, 6) is -0.493. The average Bonchev–Trinajstić information content (AvgIpc) is 2.03. The summed E-state index contributed by atoms with van der Waals surface area (Å²) in [5.41, 5.74) is 5.45. The van der Waals surface area contributed by atoms with E-state index in [-0.39, 0.29) is 0 Å². The molecular formula is C8H8ClNOS. The van der Waals surface area contributed by atoms with Crippen molar-refractivity contribution in [1.29, 1.82) is 0 Å². The minimum atomic E-state index is -0.493. The van der Waals surface area contributed by atoms with Crippen molar-refractivity contribution in [2.45, 2.75) is 4.90 Å². The van der Waals surface area contributed by atoms with Gasteiger partial charge in [-0.15, -0.1) is 11.8 Å². The molecule has 1 aromatic carbocycles. The highest BCUT2D eigenvalue weighted by molar-refractivity contribution is 7.98. The molecule has 0 unspecified atom stereocenters. The van der Waals surface area contributed by atoms with E-state index >= 15 is 0 Å². The molecule has 0 saturated heterocycles. The van der Waals surface area contributed by atoms with Crippen LogP contribution in [0.25, 0.3) is 0 Å². The number of nitrogens with two attached hydrogens (primary N) is 1. The monoisotopic (exact) mass is 201 g/mol. The van der Waals surface area contributed by atoms with Crippen molar-refractivity contribution in [3.63, 3.8) is 0 Å². The number of carbonyl (C=O) groups excluding carboxylic acids is 1. The Morgan fingerprint density at radius 1 is 1.58 bits per heavy atom. The molecule has 1 aromatic rings. The van der Waals surface area contributed by atoms with Gasteiger partial charge in [-0.2, -0.15) is 0 Å². The van der Waals surface area contributed by atoms with Gasteiger partial charge in [-0.05, 0) is 24.5 Å². The fourth-order valence-corrected chi connectivity index (χ4v) is 1.60. The summed E-state index contributed by atoms with van der Waals surface area (Å²) >= 11 is 7.36. The summed E-state index contributed by atoms with van der Waals surface area (Å²) in [6.45, 7) is 0. The molecule has 2 N–H and O–H groups in total. The second kappa shape index (κ2) is 3.83. The number of carbonyl (C=O) groups is 1. The first-order valence-corrected chi connectivity index (χ1v) is 4.88. The van der Waals surface area contributed by atoms with Gasteiger partial charge in [-0.25, -0.2) is 0 Å². The predicted octanol–water partition coefficient (Wildman–Crippen LogP) is 2.16. The van der Waals surface area contributed by atoms with Gasteiger partial charge in [0.2, 0.25) is 5.91 Å². The largest absolute Gasteiger partial charge is 0.366 e. The number of hydrogen-bond acceptors (Lipinski definition) is 2. The highest BCUT2D eigenvalue weighted by atomic mass is 35.5. The summed E-state index contributed by atoms with van der Waals surface area (Å²) in [6, 6.07) is 5.18. The van der Waals surface area contributed by atoms with Crippen LogP contribution in [0.3, 0.4) is 0 Å². The van der Waals surface area contributed by atoms with Crippen molar-refractivity contribution < 1.29 is 4.79 Å². The number of rotatable bonds is 2. The summed E-state index contributed by atoms with van der Waals surface area (Å²) in [5, 5.41) is 0.411. The van der Waals surface area contributed by atoms with Gasteiger partial charge in [-0.1, -0.05) is 11.6 Å². The zero-order valence-corrected chi connectivity index (χ0v) is 8.08. The molecule has 0 aromatic heterocycles. The second-order valence-electron chi connectivity index (χ2n) is 2.21. The fourth-order valence-electron chi connectivity index (χ4n) is 0.823. The molecule has 0 bridgehead atoms. The molecule has 0 aliphatic carbocycles. The number of hydrogen-bond donors (Lipinski definition) is 1. The highest BCUT2D eigenvalue weighted by Gasteiger charge is 2.05. The SMILES string of the molecule is CSc1ccc(C(N)=O)c(Cl)c1. The van der Waals surface area contributed by atoms with Gasteiger partial charge in [0.1, 0.15) is 0 Å². The second-order valence-corrected chi connectivity index (χ2v) is 3.50. The van der Waals surface area contributed by atoms with E-state index in [1.165, 1.54) is 0 Å². The molecule has 1 amide bonds. The Hall–Kier alpha value is -0.670. The lowest BCUT2D eigenvalue weighted by Crippen LogP contribution is -2.11. The molecule has 0 aliphatic heterocycles. The van der Waals surface area contributed by atoms with Crippen LogP contribution < -0.4 is 5.73 Å². The summed E-state index contributed by atoms with van der Waals surface area (Å²) in [6.07, 6.45) is 1.94. The van der Waals surface area contributed by atoms with Crippen LogP contribution >= 0.6 is 23.4 Å². The molecule has 0 atom stereocenters. The van der Waals surface area contributed by atoms with E-state index in [1.54, 1.807) is 23.9 Å². The standard InChI is InChI=1S/C8H8ClNOS/c1-12-5-2-3-6(8(10)11)7(9)4-5/h2-4H,1H3,(H2,10,11). The number of halogens is 1. The zero-order chi connectivity index (χ0) is 9.14. The highest BCUT2D eigenvalue weighted by Crippen LogP contribution is 2.22. The summed E-state index contributed by atoms with van der Waals surface area (Å²) < 4.78 is 0. The Kier molecular flexibility index (Phi) is 3.00. The van der Waals surface area contributed by atoms with E-state index in [0.29, 0.717) is 10.6 Å². The molecule has 2 nitrogen and oxygen atoms in total. The van der Waals surface area contributed by atoms with E-state index in [9.17, 15) is 4.79 Å². The van der Waals surface area contributed by atoms with Crippen molar-refractivity contribution in [3.05, 3.63) is 28.8 Å². The van der Waals surface area contributed by atoms with Crippen molar-refractivity contribution in [1.82, 2.24) is 0 Å². The van der Waals surface area contributed by atoms with E-state index < -0.39 is 5.91 Å². The van der Waals surface area contributed by atoms with Crippen molar-refractivity contribution >= 4 is 29.3 Å². The molecule has 0 radical (unpaired) electrons. The first-order chi connectivity index (χ1) is 5.65. The average molecular weight is 202 g/mol. The van der Waals surface area contributed by atoms with Crippen LogP contribution in [-0.4, -0.2) is 12.2 Å². The summed E-state index contributed by atoms with van der Waals surface area (Å²) in [7, 11) is 0. The minimum Gasteiger partial charge on any atom is -0.366 e. The van der Waals surface area contributed by atoms with E-state index in [0.717, 1.165) is 4.90 Å². The maximum Gasteiger partial charge on any atom is 0.250 e. The maximum absolute atomic E-state index is 10.8. The molecule has 0 saturated carbocycles. The molecule has 12 heavy (non-hydrogen) atoms.